The van der Waals surface area contributed by atoms with E-state index in [1.165, 1.54) is 18.2 Å². The molecule has 1 aromatic rings. The molecule has 0 bridgehead atoms. The van der Waals surface area contributed by atoms with Gasteiger partial charge in [0.25, 0.3) is 0 Å². The number of hydrogen-bond acceptors (Lipinski definition) is 4. The van der Waals surface area contributed by atoms with Gasteiger partial charge in [0.2, 0.25) is 0 Å². The molecule has 0 saturated heterocycles. The molecule has 0 spiro atoms. The number of benzene rings is 1. The summed E-state index contributed by atoms with van der Waals surface area (Å²) in [5.41, 5.74) is -0.109. The van der Waals surface area contributed by atoms with E-state index in [-0.39, 0.29) is 18.3 Å². The van der Waals surface area contributed by atoms with Crippen LogP contribution < -0.4 is 0 Å². The van der Waals surface area contributed by atoms with Gasteiger partial charge in [-0.05, 0) is 32.0 Å². The Bertz CT molecular complexity index is 393. The molecule has 0 radical (unpaired) electrons. The lowest BCUT2D eigenvalue weighted by Gasteiger charge is -2.08. The van der Waals surface area contributed by atoms with E-state index in [0.717, 1.165) is 0 Å². The SMILES string of the molecule is CC(C)OCCOC(=O)c1cc(S)ccc1F. The van der Waals surface area contributed by atoms with Crippen LogP contribution in [0.1, 0.15) is 24.2 Å². The summed E-state index contributed by atoms with van der Waals surface area (Å²) in [7, 11) is 0. The first-order chi connectivity index (χ1) is 8.00. The molecule has 0 unspecified atom stereocenters. The Morgan fingerprint density at radius 2 is 2.12 bits per heavy atom. The highest BCUT2D eigenvalue weighted by molar-refractivity contribution is 7.80. The highest BCUT2D eigenvalue weighted by Crippen LogP contribution is 2.14. The van der Waals surface area contributed by atoms with Crippen LogP contribution in [0, 0.1) is 5.82 Å². The molecule has 0 aliphatic carbocycles. The molecule has 0 heterocycles. The molecule has 0 atom stereocenters. The van der Waals surface area contributed by atoms with E-state index in [9.17, 15) is 9.18 Å². The minimum absolute atomic E-state index is 0.0752. The van der Waals surface area contributed by atoms with Crippen LogP contribution in [0.5, 0.6) is 0 Å². The zero-order chi connectivity index (χ0) is 12.8. The van der Waals surface area contributed by atoms with Crippen LogP contribution in [0.25, 0.3) is 0 Å². The van der Waals surface area contributed by atoms with Crippen molar-refractivity contribution in [3.8, 4) is 0 Å². The van der Waals surface area contributed by atoms with Crippen molar-refractivity contribution in [2.45, 2.75) is 24.8 Å². The van der Waals surface area contributed by atoms with Gasteiger partial charge in [-0.3, -0.25) is 0 Å². The molecule has 1 rings (SSSR count). The number of esters is 1. The Balaban J connectivity index is 2.49. The third-order valence-electron chi connectivity index (χ3n) is 1.94. The van der Waals surface area contributed by atoms with E-state index in [4.69, 9.17) is 9.47 Å². The number of hydrogen-bond donors (Lipinski definition) is 1. The third-order valence-corrected chi connectivity index (χ3v) is 2.22. The first kappa shape index (κ1) is 14.0. The van der Waals surface area contributed by atoms with Crippen LogP contribution in [0.15, 0.2) is 23.1 Å². The van der Waals surface area contributed by atoms with Crippen LogP contribution in [-0.2, 0) is 9.47 Å². The van der Waals surface area contributed by atoms with E-state index in [2.05, 4.69) is 12.6 Å². The Hall–Kier alpha value is -1.07. The number of thiol groups is 1. The summed E-state index contributed by atoms with van der Waals surface area (Å²) >= 11 is 4.03. The lowest BCUT2D eigenvalue weighted by molar-refractivity contribution is 0.0173. The van der Waals surface area contributed by atoms with E-state index in [1.54, 1.807) is 0 Å². The molecule has 0 amide bonds. The monoisotopic (exact) mass is 258 g/mol. The normalized spacial score (nSPS) is 10.6. The van der Waals surface area contributed by atoms with Crippen LogP contribution in [0.4, 0.5) is 4.39 Å². The lowest BCUT2D eigenvalue weighted by atomic mass is 10.2. The lowest BCUT2D eigenvalue weighted by Crippen LogP contribution is -2.14. The fourth-order valence-electron chi connectivity index (χ4n) is 1.17. The topological polar surface area (TPSA) is 35.5 Å². The molecular weight excluding hydrogens is 243 g/mol. The maximum Gasteiger partial charge on any atom is 0.341 e. The molecule has 3 nitrogen and oxygen atoms in total. The van der Waals surface area contributed by atoms with E-state index >= 15 is 0 Å². The minimum Gasteiger partial charge on any atom is -0.460 e. The van der Waals surface area contributed by atoms with Crippen molar-refractivity contribution in [1.82, 2.24) is 0 Å². The fourth-order valence-corrected chi connectivity index (χ4v) is 1.37. The average Bonchev–Trinajstić information content (AvgIpc) is 2.27. The van der Waals surface area contributed by atoms with Crippen molar-refractivity contribution in [3.05, 3.63) is 29.6 Å². The standard InChI is InChI=1S/C12H15FO3S/c1-8(2)15-5-6-16-12(14)10-7-9(17)3-4-11(10)13/h3-4,7-8,17H,5-6H2,1-2H3. The van der Waals surface area contributed by atoms with E-state index < -0.39 is 11.8 Å². The number of halogens is 1. The summed E-state index contributed by atoms with van der Waals surface area (Å²) in [5, 5.41) is 0. The van der Waals surface area contributed by atoms with E-state index in [0.29, 0.717) is 11.5 Å². The molecular formula is C12H15FO3S. The summed E-state index contributed by atoms with van der Waals surface area (Å²) in [6.45, 7) is 4.16. The predicted octanol–water partition coefficient (Wildman–Crippen LogP) is 2.70. The van der Waals surface area contributed by atoms with Gasteiger partial charge in [0.15, 0.2) is 0 Å². The Morgan fingerprint density at radius 3 is 2.76 bits per heavy atom. The van der Waals surface area contributed by atoms with Crippen molar-refractivity contribution in [2.24, 2.45) is 0 Å². The summed E-state index contributed by atoms with van der Waals surface area (Å²) in [6, 6.07) is 3.99. The predicted molar refractivity (Wildman–Crippen MR) is 65.0 cm³/mol. The molecule has 5 heteroatoms. The molecule has 0 N–H and O–H groups in total. The zero-order valence-electron chi connectivity index (χ0n) is 9.77. The van der Waals surface area contributed by atoms with Gasteiger partial charge in [-0.15, -0.1) is 12.6 Å². The quantitative estimate of drug-likeness (QED) is 0.501. The maximum atomic E-state index is 13.3. The smallest absolute Gasteiger partial charge is 0.341 e. The van der Waals surface area contributed by atoms with Gasteiger partial charge in [-0.1, -0.05) is 0 Å². The minimum atomic E-state index is -0.703. The van der Waals surface area contributed by atoms with Gasteiger partial charge in [0.1, 0.15) is 12.4 Å². The van der Waals surface area contributed by atoms with Gasteiger partial charge in [-0.25, -0.2) is 9.18 Å². The largest absolute Gasteiger partial charge is 0.460 e. The van der Waals surface area contributed by atoms with Crippen molar-refractivity contribution in [3.63, 3.8) is 0 Å². The van der Waals surface area contributed by atoms with Gasteiger partial charge in [0.05, 0.1) is 18.3 Å². The molecule has 0 aliphatic rings. The van der Waals surface area contributed by atoms with Crippen molar-refractivity contribution >= 4 is 18.6 Å². The third kappa shape index (κ3) is 4.75. The van der Waals surface area contributed by atoms with Gasteiger partial charge < -0.3 is 9.47 Å². The molecule has 1 aromatic carbocycles. The summed E-state index contributed by atoms with van der Waals surface area (Å²) in [6.07, 6.45) is 0.0752. The number of carbonyl (C=O) groups is 1. The van der Waals surface area contributed by atoms with Crippen LogP contribution in [-0.4, -0.2) is 25.3 Å². The van der Waals surface area contributed by atoms with E-state index in [1.807, 2.05) is 13.8 Å². The second kappa shape index (κ2) is 6.61. The molecule has 0 fully saturated rings. The highest BCUT2D eigenvalue weighted by Gasteiger charge is 2.13. The van der Waals surface area contributed by atoms with Crippen molar-refractivity contribution in [1.29, 1.82) is 0 Å². The molecule has 0 aliphatic heterocycles. The average molecular weight is 258 g/mol. The molecule has 0 saturated carbocycles. The second-order valence-corrected chi connectivity index (χ2v) is 4.24. The van der Waals surface area contributed by atoms with Gasteiger partial charge in [-0.2, -0.15) is 0 Å². The summed E-state index contributed by atoms with van der Waals surface area (Å²) < 4.78 is 23.4. The van der Waals surface area contributed by atoms with Gasteiger partial charge in [0, 0.05) is 4.90 Å². The van der Waals surface area contributed by atoms with Crippen molar-refractivity contribution < 1.29 is 18.7 Å². The van der Waals surface area contributed by atoms with Crippen LogP contribution >= 0.6 is 12.6 Å². The Kier molecular flexibility index (Phi) is 5.44. The molecule has 0 aromatic heterocycles. The molecule has 17 heavy (non-hydrogen) atoms. The second-order valence-electron chi connectivity index (χ2n) is 3.72. The van der Waals surface area contributed by atoms with Crippen molar-refractivity contribution in [2.75, 3.05) is 13.2 Å². The summed E-state index contributed by atoms with van der Waals surface area (Å²) in [5.74, 6) is -1.32. The Labute approximate surface area is 105 Å². The van der Waals surface area contributed by atoms with Gasteiger partial charge >= 0.3 is 5.97 Å². The summed E-state index contributed by atoms with van der Waals surface area (Å²) in [4.78, 5) is 12.0. The first-order valence-corrected chi connectivity index (χ1v) is 5.72. The number of carbonyl (C=O) groups excluding carboxylic acids is 1. The molecule has 94 valence electrons. The first-order valence-electron chi connectivity index (χ1n) is 5.28. The maximum absolute atomic E-state index is 13.3. The van der Waals surface area contributed by atoms with Crippen LogP contribution in [0.2, 0.25) is 0 Å². The van der Waals surface area contributed by atoms with Crippen LogP contribution in [0.3, 0.4) is 0 Å². The number of rotatable bonds is 5. The highest BCUT2D eigenvalue weighted by atomic mass is 32.1. The number of ether oxygens (including phenoxy) is 2. The fraction of sp³-hybridized carbons (Fsp3) is 0.417. The zero-order valence-corrected chi connectivity index (χ0v) is 10.7. The Morgan fingerprint density at radius 1 is 1.41 bits per heavy atom.